The highest BCUT2D eigenvalue weighted by Gasteiger charge is 2.09. The first-order chi connectivity index (χ1) is 11.0. The first-order valence-corrected chi connectivity index (χ1v) is 7.60. The van der Waals surface area contributed by atoms with Gasteiger partial charge in [-0.05, 0) is 31.5 Å². The minimum absolute atomic E-state index is 0.137. The Bertz CT molecular complexity index is 650. The van der Waals surface area contributed by atoms with Gasteiger partial charge >= 0.3 is 5.97 Å². The van der Waals surface area contributed by atoms with Crippen molar-refractivity contribution in [2.24, 2.45) is 0 Å². The van der Waals surface area contributed by atoms with Crippen molar-refractivity contribution in [2.75, 3.05) is 6.54 Å². The van der Waals surface area contributed by atoms with Crippen LogP contribution in [-0.2, 0) is 20.7 Å². The monoisotopic (exact) mass is 315 g/mol. The fourth-order valence-electron chi connectivity index (χ4n) is 2.05. The van der Waals surface area contributed by atoms with Crippen LogP contribution < -0.4 is 5.32 Å². The van der Waals surface area contributed by atoms with Crippen LogP contribution in [0.25, 0.3) is 5.69 Å². The molecule has 0 unspecified atom stereocenters. The quantitative estimate of drug-likeness (QED) is 0.792. The molecule has 1 aromatic carbocycles. The molecule has 1 aromatic heterocycles. The molecule has 0 radical (unpaired) electrons. The van der Waals surface area contributed by atoms with Gasteiger partial charge in [-0.25, -0.2) is 4.68 Å². The number of nitrogens with zero attached hydrogens (tertiary/aromatic N) is 2. The Morgan fingerprint density at radius 1 is 1.26 bits per heavy atom. The van der Waals surface area contributed by atoms with Gasteiger partial charge in [0.2, 0.25) is 5.91 Å². The van der Waals surface area contributed by atoms with Crippen LogP contribution in [-0.4, -0.2) is 34.3 Å². The molecule has 0 fully saturated rings. The van der Waals surface area contributed by atoms with Crippen molar-refractivity contribution in [1.29, 1.82) is 0 Å². The van der Waals surface area contributed by atoms with Crippen LogP contribution in [0.5, 0.6) is 0 Å². The third-order valence-corrected chi connectivity index (χ3v) is 3.04. The summed E-state index contributed by atoms with van der Waals surface area (Å²) in [6.07, 6.45) is 3.75. The van der Waals surface area contributed by atoms with Crippen molar-refractivity contribution >= 4 is 11.9 Å². The average molecular weight is 315 g/mol. The van der Waals surface area contributed by atoms with Crippen LogP contribution in [0.4, 0.5) is 0 Å². The second-order valence-electron chi connectivity index (χ2n) is 5.44. The third-order valence-electron chi connectivity index (χ3n) is 3.04. The third kappa shape index (κ3) is 5.58. The Kier molecular flexibility index (Phi) is 5.91. The minimum Gasteiger partial charge on any atom is -0.463 e. The van der Waals surface area contributed by atoms with Crippen LogP contribution in [0.3, 0.4) is 0 Å². The number of aromatic nitrogens is 2. The number of para-hydroxylation sites is 1. The summed E-state index contributed by atoms with van der Waals surface area (Å²) < 4.78 is 6.72. The fourth-order valence-corrected chi connectivity index (χ4v) is 2.05. The lowest BCUT2D eigenvalue weighted by Gasteiger charge is -2.08. The molecule has 0 saturated heterocycles. The van der Waals surface area contributed by atoms with Gasteiger partial charge in [-0.15, -0.1) is 0 Å². The van der Waals surface area contributed by atoms with E-state index in [1.54, 1.807) is 24.7 Å². The van der Waals surface area contributed by atoms with Gasteiger partial charge in [0.25, 0.3) is 0 Å². The summed E-state index contributed by atoms with van der Waals surface area (Å²) in [6, 6.07) is 9.68. The summed E-state index contributed by atoms with van der Waals surface area (Å²) in [4.78, 5) is 23.2. The molecule has 0 spiro atoms. The molecule has 0 aliphatic carbocycles. The van der Waals surface area contributed by atoms with E-state index in [0.717, 1.165) is 11.3 Å². The number of hydrogen-bond donors (Lipinski definition) is 1. The first-order valence-electron chi connectivity index (χ1n) is 7.60. The van der Waals surface area contributed by atoms with E-state index in [9.17, 15) is 9.59 Å². The number of benzene rings is 1. The molecule has 122 valence electrons. The van der Waals surface area contributed by atoms with Gasteiger partial charge in [0.1, 0.15) is 0 Å². The standard InChI is InChI=1S/C17H21N3O3/c1-13(2)23-17(22)8-9-18-16(21)10-14-11-19-20(12-14)15-6-4-3-5-7-15/h3-7,11-13H,8-10H2,1-2H3,(H,18,21). The Labute approximate surface area is 135 Å². The van der Waals surface area contributed by atoms with E-state index in [1.807, 2.05) is 36.5 Å². The van der Waals surface area contributed by atoms with Gasteiger partial charge in [-0.3, -0.25) is 9.59 Å². The number of ether oxygens (including phenoxy) is 1. The van der Waals surface area contributed by atoms with Crippen LogP contribution in [0, 0.1) is 0 Å². The predicted octanol–water partition coefficient (Wildman–Crippen LogP) is 1.87. The number of esters is 1. The summed E-state index contributed by atoms with van der Waals surface area (Å²) in [5.41, 5.74) is 1.76. The van der Waals surface area contributed by atoms with E-state index in [0.29, 0.717) is 0 Å². The largest absolute Gasteiger partial charge is 0.463 e. The van der Waals surface area contributed by atoms with Crippen molar-refractivity contribution < 1.29 is 14.3 Å². The van der Waals surface area contributed by atoms with Crippen molar-refractivity contribution in [3.63, 3.8) is 0 Å². The summed E-state index contributed by atoms with van der Waals surface area (Å²) in [7, 11) is 0. The smallest absolute Gasteiger partial charge is 0.307 e. The molecule has 0 aliphatic heterocycles. The van der Waals surface area contributed by atoms with Gasteiger partial charge in [0, 0.05) is 12.7 Å². The number of rotatable bonds is 7. The Balaban J connectivity index is 1.78. The number of amides is 1. The molecule has 6 nitrogen and oxygen atoms in total. The summed E-state index contributed by atoms with van der Waals surface area (Å²) in [6.45, 7) is 3.86. The molecular weight excluding hydrogens is 294 g/mol. The lowest BCUT2D eigenvalue weighted by atomic mass is 10.2. The summed E-state index contributed by atoms with van der Waals surface area (Å²) in [5, 5.41) is 6.95. The van der Waals surface area contributed by atoms with Crippen LogP contribution in [0.2, 0.25) is 0 Å². The zero-order chi connectivity index (χ0) is 16.7. The maximum absolute atomic E-state index is 11.9. The summed E-state index contributed by atoms with van der Waals surface area (Å²) in [5.74, 6) is -0.452. The summed E-state index contributed by atoms with van der Waals surface area (Å²) >= 11 is 0. The van der Waals surface area contributed by atoms with Gasteiger partial charge < -0.3 is 10.1 Å². The molecule has 1 heterocycles. The highest BCUT2D eigenvalue weighted by molar-refractivity contribution is 5.79. The van der Waals surface area contributed by atoms with Gasteiger partial charge in [0.15, 0.2) is 0 Å². The molecule has 6 heteroatoms. The molecular formula is C17H21N3O3. The van der Waals surface area contributed by atoms with E-state index in [1.165, 1.54) is 0 Å². The van der Waals surface area contributed by atoms with Gasteiger partial charge in [-0.1, -0.05) is 18.2 Å². The minimum atomic E-state index is -0.308. The lowest BCUT2D eigenvalue weighted by molar-refractivity contribution is -0.147. The van der Waals surface area contributed by atoms with E-state index in [-0.39, 0.29) is 37.4 Å². The van der Waals surface area contributed by atoms with Crippen molar-refractivity contribution in [2.45, 2.75) is 32.8 Å². The highest BCUT2D eigenvalue weighted by Crippen LogP contribution is 2.08. The van der Waals surface area contributed by atoms with Crippen LogP contribution in [0.15, 0.2) is 42.7 Å². The number of carbonyl (C=O) groups is 2. The van der Waals surface area contributed by atoms with Crippen LogP contribution >= 0.6 is 0 Å². The second kappa shape index (κ2) is 8.12. The van der Waals surface area contributed by atoms with E-state index >= 15 is 0 Å². The van der Waals surface area contributed by atoms with E-state index in [2.05, 4.69) is 10.4 Å². The molecule has 2 aromatic rings. The lowest BCUT2D eigenvalue weighted by Crippen LogP contribution is -2.28. The molecule has 1 N–H and O–H groups in total. The zero-order valence-electron chi connectivity index (χ0n) is 13.4. The number of nitrogens with one attached hydrogen (secondary N) is 1. The number of hydrogen-bond acceptors (Lipinski definition) is 4. The normalized spacial score (nSPS) is 10.6. The molecule has 23 heavy (non-hydrogen) atoms. The SMILES string of the molecule is CC(C)OC(=O)CCNC(=O)Cc1cnn(-c2ccccc2)c1. The predicted molar refractivity (Wildman–Crippen MR) is 86.1 cm³/mol. The van der Waals surface area contributed by atoms with Gasteiger partial charge in [-0.2, -0.15) is 5.10 Å². The topological polar surface area (TPSA) is 73.2 Å². The van der Waals surface area contributed by atoms with E-state index in [4.69, 9.17) is 4.74 Å². The van der Waals surface area contributed by atoms with Gasteiger partial charge in [0.05, 0.1) is 30.8 Å². The van der Waals surface area contributed by atoms with E-state index < -0.39 is 0 Å². The highest BCUT2D eigenvalue weighted by atomic mass is 16.5. The fraction of sp³-hybridized carbons (Fsp3) is 0.353. The van der Waals surface area contributed by atoms with Crippen molar-refractivity contribution in [1.82, 2.24) is 15.1 Å². The zero-order valence-corrected chi connectivity index (χ0v) is 13.4. The number of carbonyl (C=O) groups excluding carboxylic acids is 2. The second-order valence-corrected chi connectivity index (χ2v) is 5.44. The Hall–Kier alpha value is -2.63. The molecule has 2 rings (SSSR count). The molecule has 0 atom stereocenters. The molecule has 1 amide bonds. The molecule has 0 saturated carbocycles. The Morgan fingerprint density at radius 2 is 2.00 bits per heavy atom. The average Bonchev–Trinajstić information content (AvgIpc) is 2.95. The first kappa shape index (κ1) is 16.7. The molecule has 0 aliphatic rings. The van der Waals surface area contributed by atoms with Crippen LogP contribution in [0.1, 0.15) is 25.8 Å². The molecule has 0 bridgehead atoms. The van der Waals surface area contributed by atoms with Crippen molar-refractivity contribution in [3.05, 3.63) is 48.3 Å². The maximum Gasteiger partial charge on any atom is 0.307 e. The Morgan fingerprint density at radius 3 is 2.70 bits per heavy atom. The maximum atomic E-state index is 11.9. The van der Waals surface area contributed by atoms with Crippen molar-refractivity contribution in [3.8, 4) is 5.69 Å².